The number of carbonyl (C=O) groups excluding carboxylic acids is 1. The number of hydrogen-bond donors (Lipinski definition) is 3. The molecule has 0 unspecified atom stereocenters. The topological polar surface area (TPSA) is 61.4 Å². The lowest BCUT2D eigenvalue weighted by atomic mass is 9.79. The van der Waals surface area contributed by atoms with Crippen molar-refractivity contribution in [2.24, 2.45) is 5.92 Å². The standard InChI is InChI=1S/C14H28N2O2/c1-11(2)12(10-17)16-13(18)9-14(15-3)7-5-4-6-8-14/h11-12,15,17H,4-10H2,1-3H3,(H,16,18)/t12-/m1/s1. The Morgan fingerprint density at radius 1 is 1.28 bits per heavy atom. The Kier molecular flexibility index (Phi) is 6.09. The number of aliphatic hydroxyl groups excluding tert-OH is 1. The molecule has 4 heteroatoms. The van der Waals surface area contributed by atoms with E-state index in [0.29, 0.717) is 6.42 Å². The summed E-state index contributed by atoms with van der Waals surface area (Å²) in [6.07, 6.45) is 6.33. The summed E-state index contributed by atoms with van der Waals surface area (Å²) < 4.78 is 0. The van der Waals surface area contributed by atoms with Crippen LogP contribution in [0.1, 0.15) is 52.4 Å². The molecule has 0 radical (unpaired) electrons. The van der Waals surface area contributed by atoms with Crippen molar-refractivity contribution in [1.82, 2.24) is 10.6 Å². The number of hydrogen-bond acceptors (Lipinski definition) is 3. The van der Waals surface area contributed by atoms with Gasteiger partial charge in [0.15, 0.2) is 0 Å². The molecule has 0 aromatic heterocycles. The number of carbonyl (C=O) groups is 1. The lowest BCUT2D eigenvalue weighted by Gasteiger charge is -2.37. The molecule has 1 atom stereocenters. The molecule has 0 bridgehead atoms. The summed E-state index contributed by atoms with van der Waals surface area (Å²) in [5, 5.41) is 15.5. The SMILES string of the molecule is CNC1(CC(=O)N[C@H](CO)C(C)C)CCCCC1. The van der Waals surface area contributed by atoms with E-state index in [1.807, 2.05) is 20.9 Å². The Labute approximate surface area is 111 Å². The van der Waals surface area contributed by atoms with E-state index in [4.69, 9.17) is 0 Å². The van der Waals surface area contributed by atoms with Crippen LogP contribution in [0.5, 0.6) is 0 Å². The average molecular weight is 256 g/mol. The Morgan fingerprint density at radius 3 is 2.33 bits per heavy atom. The lowest BCUT2D eigenvalue weighted by molar-refractivity contribution is -0.124. The van der Waals surface area contributed by atoms with E-state index in [-0.39, 0.29) is 30.0 Å². The first-order valence-corrected chi connectivity index (χ1v) is 7.12. The fourth-order valence-corrected chi connectivity index (χ4v) is 2.73. The van der Waals surface area contributed by atoms with E-state index >= 15 is 0 Å². The Hall–Kier alpha value is -0.610. The van der Waals surface area contributed by atoms with Crippen LogP contribution in [0.3, 0.4) is 0 Å². The summed E-state index contributed by atoms with van der Waals surface area (Å²) in [6, 6.07) is -0.130. The highest BCUT2D eigenvalue weighted by Gasteiger charge is 2.33. The highest BCUT2D eigenvalue weighted by atomic mass is 16.3. The first-order valence-electron chi connectivity index (χ1n) is 7.12. The Bertz CT molecular complexity index is 261. The van der Waals surface area contributed by atoms with E-state index in [2.05, 4.69) is 10.6 Å². The summed E-state index contributed by atoms with van der Waals surface area (Å²) in [4.78, 5) is 12.1. The number of amides is 1. The molecular formula is C14H28N2O2. The van der Waals surface area contributed by atoms with Gasteiger partial charge in [0.25, 0.3) is 0 Å². The highest BCUT2D eigenvalue weighted by Crippen LogP contribution is 2.30. The third kappa shape index (κ3) is 4.25. The minimum absolute atomic E-state index is 0.00988. The zero-order valence-electron chi connectivity index (χ0n) is 12.0. The summed E-state index contributed by atoms with van der Waals surface area (Å²) in [7, 11) is 1.95. The van der Waals surface area contributed by atoms with Crippen molar-refractivity contribution < 1.29 is 9.90 Å². The van der Waals surface area contributed by atoms with Crippen molar-refractivity contribution in [1.29, 1.82) is 0 Å². The largest absolute Gasteiger partial charge is 0.394 e. The molecule has 0 aromatic carbocycles. The van der Waals surface area contributed by atoms with Gasteiger partial charge in [-0.05, 0) is 25.8 Å². The second-order valence-corrected chi connectivity index (χ2v) is 5.87. The molecule has 0 aromatic rings. The summed E-state index contributed by atoms with van der Waals surface area (Å²) in [5.41, 5.74) is -0.0285. The average Bonchev–Trinajstić information content (AvgIpc) is 2.36. The second kappa shape index (κ2) is 7.10. The molecule has 4 nitrogen and oxygen atoms in total. The molecule has 1 rings (SSSR count). The van der Waals surface area contributed by atoms with Crippen molar-refractivity contribution in [3.05, 3.63) is 0 Å². The van der Waals surface area contributed by atoms with E-state index in [0.717, 1.165) is 12.8 Å². The third-order valence-electron chi connectivity index (χ3n) is 4.19. The van der Waals surface area contributed by atoms with Gasteiger partial charge in [-0.2, -0.15) is 0 Å². The maximum absolute atomic E-state index is 12.1. The van der Waals surface area contributed by atoms with Crippen molar-refractivity contribution in [2.45, 2.75) is 64.0 Å². The normalized spacial score (nSPS) is 20.7. The van der Waals surface area contributed by atoms with Crippen molar-refractivity contribution in [3.63, 3.8) is 0 Å². The zero-order valence-corrected chi connectivity index (χ0v) is 12.0. The van der Waals surface area contributed by atoms with Gasteiger partial charge in [0.2, 0.25) is 5.91 Å². The van der Waals surface area contributed by atoms with Gasteiger partial charge in [-0.1, -0.05) is 33.1 Å². The van der Waals surface area contributed by atoms with Gasteiger partial charge in [-0.3, -0.25) is 4.79 Å². The fraction of sp³-hybridized carbons (Fsp3) is 0.929. The van der Waals surface area contributed by atoms with Gasteiger partial charge in [0.1, 0.15) is 0 Å². The first-order chi connectivity index (χ1) is 8.53. The maximum atomic E-state index is 12.1. The van der Waals surface area contributed by atoms with Gasteiger partial charge in [0, 0.05) is 12.0 Å². The van der Waals surface area contributed by atoms with Gasteiger partial charge in [0.05, 0.1) is 12.6 Å². The maximum Gasteiger partial charge on any atom is 0.222 e. The van der Waals surface area contributed by atoms with Crippen LogP contribution in [0.4, 0.5) is 0 Å². The molecule has 0 saturated heterocycles. The molecule has 1 aliphatic rings. The van der Waals surface area contributed by atoms with E-state index in [9.17, 15) is 9.90 Å². The van der Waals surface area contributed by atoms with Crippen LogP contribution in [-0.2, 0) is 4.79 Å². The number of nitrogens with one attached hydrogen (secondary N) is 2. The molecule has 106 valence electrons. The van der Waals surface area contributed by atoms with Crippen LogP contribution in [0.15, 0.2) is 0 Å². The first kappa shape index (κ1) is 15.4. The van der Waals surface area contributed by atoms with E-state index in [1.54, 1.807) is 0 Å². The molecule has 0 aliphatic heterocycles. The van der Waals surface area contributed by atoms with Gasteiger partial charge < -0.3 is 15.7 Å². The summed E-state index contributed by atoms with van der Waals surface area (Å²) >= 11 is 0. The van der Waals surface area contributed by atoms with Gasteiger partial charge >= 0.3 is 0 Å². The van der Waals surface area contributed by atoms with Crippen LogP contribution in [0.2, 0.25) is 0 Å². The van der Waals surface area contributed by atoms with Crippen LogP contribution < -0.4 is 10.6 Å². The quantitative estimate of drug-likeness (QED) is 0.674. The molecule has 0 heterocycles. The van der Waals surface area contributed by atoms with Crippen LogP contribution in [0.25, 0.3) is 0 Å². The van der Waals surface area contributed by atoms with Crippen LogP contribution in [-0.4, -0.2) is 36.2 Å². The van der Waals surface area contributed by atoms with Gasteiger partial charge in [-0.15, -0.1) is 0 Å². The number of aliphatic hydroxyl groups is 1. The van der Waals surface area contributed by atoms with Crippen molar-refractivity contribution in [2.75, 3.05) is 13.7 Å². The van der Waals surface area contributed by atoms with Gasteiger partial charge in [-0.25, -0.2) is 0 Å². The van der Waals surface area contributed by atoms with Crippen LogP contribution >= 0.6 is 0 Å². The monoisotopic (exact) mass is 256 g/mol. The minimum atomic E-state index is -0.130. The van der Waals surface area contributed by atoms with Crippen molar-refractivity contribution in [3.8, 4) is 0 Å². The third-order valence-corrected chi connectivity index (χ3v) is 4.19. The van der Waals surface area contributed by atoms with Crippen LogP contribution in [0, 0.1) is 5.92 Å². The Morgan fingerprint density at radius 2 is 1.89 bits per heavy atom. The molecule has 1 aliphatic carbocycles. The molecule has 1 fully saturated rings. The second-order valence-electron chi connectivity index (χ2n) is 5.87. The predicted octanol–water partition coefficient (Wildman–Crippen LogP) is 1.43. The van der Waals surface area contributed by atoms with Crippen molar-refractivity contribution >= 4 is 5.91 Å². The lowest BCUT2D eigenvalue weighted by Crippen LogP contribution is -2.50. The molecule has 1 amide bonds. The zero-order chi connectivity index (χ0) is 13.6. The molecule has 3 N–H and O–H groups in total. The highest BCUT2D eigenvalue weighted by molar-refractivity contribution is 5.77. The number of rotatable bonds is 6. The molecule has 0 spiro atoms. The smallest absolute Gasteiger partial charge is 0.222 e. The summed E-state index contributed by atoms with van der Waals surface area (Å²) in [5.74, 6) is 0.315. The molecular weight excluding hydrogens is 228 g/mol. The molecule has 1 saturated carbocycles. The minimum Gasteiger partial charge on any atom is -0.394 e. The fourth-order valence-electron chi connectivity index (χ4n) is 2.73. The Balaban J connectivity index is 2.51. The van der Waals surface area contributed by atoms with E-state index < -0.39 is 0 Å². The predicted molar refractivity (Wildman–Crippen MR) is 73.3 cm³/mol. The van der Waals surface area contributed by atoms with E-state index in [1.165, 1.54) is 19.3 Å². The summed E-state index contributed by atoms with van der Waals surface area (Å²) in [6.45, 7) is 4.03. The molecule has 18 heavy (non-hydrogen) atoms.